The number of nitrogens with zero attached hydrogens (tertiary/aromatic N) is 3. The van der Waals surface area contributed by atoms with E-state index in [-0.39, 0.29) is 23.8 Å². The molecule has 1 amide bonds. The van der Waals surface area contributed by atoms with Crippen molar-refractivity contribution in [3.8, 4) is 5.75 Å². The van der Waals surface area contributed by atoms with Gasteiger partial charge >= 0.3 is 5.97 Å². The Labute approximate surface area is 156 Å². The number of fused-ring (bicyclic) bond motifs is 1. The molecule has 1 N–H and O–H groups in total. The van der Waals surface area contributed by atoms with Gasteiger partial charge in [0.25, 0.3) is 5.91 Å². The maximum atomic E-state index is 12.5. The molecule has 0 aliphatic heterocycles. The Hall–Kier alpha value is -3.42. The van der Waals surface area contributed by atoms with E-state index in [4.69, 9.17) is 9.57 Å². The number of para-hydroxylation sites is 2. The number of carbonyl (C=O) groups excluding carboxylic acids is 2. The molecule has 0 fully saturated rings. The van der Waals surface area contributed by atoms with Crippen LogP contribution >= 0.6 is 0 Å². The first kappa shape index (κ1) is 18.4. The van der Waals surface area contributed by atoms with Crippen LogP contribution in [0.2, 0.25) is 0 Å². The number of ether oxygens (including phenoxy) is 1. The summed E-state index contributed by atoms with van der Waals surface area (Å²) in [6.45, 7) is 4.37. The number of carbonyl (C=O) groups is 2. The largest absolute Gasteiger partial charge is 0.483 e. The molecule has 2 aromatic carbocycles. The molecule has 0 unspecified atom stereocenters. The van der Waals surface area contributed by atoms with E-state index in [1.54, 1.807) is 42.5 Å². The summed E-state index contributed by atoms with van der Waals surface area (Å²) in [4.78, 5) is 30.7. The SMILES string of the molecule is CC(C)CNC(=O)COc1ccccc1C(=O)On1nnc2ccccc21. The second kappa shape index (κ2) is 8.31. The van der Waals surface area contributed by atoms with Gasteiger partial charge in [-0.15, -0.1) is 5.10 Å². The average molecular weight is 368 g/mol. The number of aromatic nitrogens is 3. The molecule has 0 spiro atoms. The van der Waals surface area contributed by atoms with Gasteiger partial charge in [-0.05, 0) is 35.4 Å². The monoisotopic (exact) mass is 368 g/mol. The van der Waals surface area contributed by atoms with Crippen LogP contribution in [-0.2, 0) is 4.79 Å². The van der Waals surface area contributed by atoms with Crippen LogP contribution < -0.4 is 14.9 Å². The van der Waals surface area contributed by atoms with E-state index >= 15 is 0 Å². The Bertz CT molecular complexity index is 952. The minimum absolute atomic E-state index is 0.189. The molecule has 27 heavy (non-hydrogen) atoms. The number of benzene rings is 2. The smallest absolute Gasteiger partial charge is 0.369 e. The number of hydrogen-bond donors (Lipinski definition) is 1. The summed E-state index contributed by atoms with van der Waals surface area (Å²) < 4.78 is 5.50. The molecule has 3 rings (SSSR count). The summed E-state index contributed by atoms with van der Waals surface area (Å²) in [6, 6.07) is 13.7. The molecule has 0 atom stereocenters. The molecule has 140 valence electrons. The van der Waals surface area contributed by atoms with Crippen molar-refractivity contribution >= 4 is 22.9 Å². The molecule has 8 nitrogen and oxygen atoms in total. The fourth-order valence-electron chi connectivity index (χ4n) is 2.32. The highest BCUT2D eigenvalue weighted by atomic mass is 16.7. The van der Waals surface area contributed by atoms with Crippen molar-refractivity contribution < 1.29 is 19.2 Å². The average Bonchev–Trinajstić information content (AvgIpc) is 3.08. The van der Waals surface area contributed by atoms with Crippen molar-refractivity contribution in [2.75, 3.05) is 13.2 Å². The van der Waals surface area contributed by atoms with Crippen LogP contribution in [-0.4, -0.2) is 40.2 Å². The number of rotatable bonds is 7. The number of nitrogens with one attached hydrogen (secondary N) is 1. The van der Waals surface area contributed by atoms with Gasteiger partial charge in [0.05, 0.1) is 0 Å². The summed E-state index contributed by atoms with van der Waals surface area (Å²) in [5, 5.41) is 10.5. The minimum Gasteiger partial charge on any atom is -0.483 e. The van der Waals surface area contributed by atoms with Crippen LogP contribution in [0.5, 0.6) is 5.75 Å². The van der Waals surface area contributed by atoms with Crippen molar-refractivity contribution in [3.63, 3.8) is 0 Å². The molecule has 1 aromatic heterocycles. The van der Waals surface area contributed by atoms with Gasteiger partial charge in [0.15, 0.2) is 6.61 Å². The van der Waals surface area contributed by atoms with E-state index in [9.17, 15) is 9.59 Å². The van der Waals surface area contributed by atoms with Crippen LogP contribution in [0.25, 0.3) is 11.0 Å². The molecular weight excluding hydrogens is 348 g/mol. The highest BCUT2D eigenvalue weighted by Crippen LogP contribution is 2.19. The Morgan fingerprint density at radius 2 is 1.85 bits per heavy atom. The maximum Gasteiger partial charge on any atom is 0.369 e. The Balaban J connectivity index is 1.69. The fourth-order valence-corrected chi connectivity index (χ4v) is 2.32. The zero-order valence-corrected chi connectivity index (χ0v) is 15.1. The Morgan fingerprint density at radius 3 is 2.67 bits per heavy atom. The third-order valence-electron chi connectivity index (χ3n) is 3.66. The first-order valence-electron chi connectivity index (χ1n) is 8.56. The first-order valence-corrected chi connectivity index (χ1v) is 8.56. The van der Waals surface area contributed by atoms with Gasteiger partial charge in [-0.1, -0.05) is 43.0 Å². The topological polar surface area (TPSA) is 95.3 Å². The van der Waals surface area contributed by atoms with Crippen molar-refractivity contribution in [1.82, 2.24) is 20.5 Å². The lowest BCUT2D eigenvalue weighted by atomic mass is 10.2. The molecule has 3 aromatic rings. The molecule has 0 aliphatic carbocycles. The zero-order valence-electron chi connectivity index (χ0n) is 15.1. The lowest BCUT2D eigenvalue weighted by Crippen LogP contribution is -2.32. The number of amides is 1. The van der Waals surface area contributed by atoms with Crippen molar-refractivity contribution in [2.24, 2.45) is 5.92 Å². The maximum absolute atomic E-state index is 12.5. The minimum atomic E-state index is -0.663. The van der Waals surface area contributed by atoms with E-state index < -0.39 is 5.97 Å². The van der Waals surface area contributed by atoms with E-state index in [2.05, 4.69) is 15.6 Å². The van der Waals surface area contributed by atoms with E-state index in [0.29, 0.717) is 23.5 Å². The summed E-state index contributed by atoms with van der Waals surface area (Å²) in [7, 11) is 0. The van der Waals surface area contributed by atoms with Gasteiger partial charge in [0, 0.05) is 6.54 Å². The van der Waals surface area contributed by atoms with Crippen molar-refractivity contribution in [1.29, 1.82) is 0 Å². The van der Waals surface area contributed by atoms with E-state index in [0.717, 1.165) is 4.85 Å². The first-order chi connectivity index (χ1) is 13.0. The van der Waals surface area contributed by atoms with Crippen LogP contribution in [0.15, 0.2) is 48.5 Å². The van der Waals surface area contributed by atoms with Crippen LogP contribution in [0.1, 0.15) is 24.2 Å². The van der Waals surface area contributed by atoms with Gasteiger partial charge in [-0.3, -0.25) is 4.79 Å². The van der Waals surface area contributed by atoms with E-state index in [1.807, 2.05) is 19.9 Å². The quantitative estimate of drug-likeness (QED) is 0.640. The lowest BCUT2D eigenvalue weighted by Gasteiger charge is -2.11. The Morgan fingerprint density at radius 1 is 1.11 bits per heavy atom. The van der Waals surface area contributed by atoms with Gasteiger partial charge < -0.3 is 14.9 Å². The summed E-state index contributed by atoms with van der Waals surface area (Å²) in [6.07, 6.45) is 0. The van der Waals surface area contributed by atoms with Crippen LogP contribution in [0.4, 0.5) is 0 Å². The molecule has 0 radical (unpaired) electrons. The third-order valence-corrected chi connectivity index (χ3v) is 3.66. The predicted molar refractivity (Wildman–Crippen MR) is 98.2 cm³/mol. The van der Waals surface area contributed by atoms with Crippen LogP contribution in [0.3, 0.4) is 0 Å². The van der Waals surface area contributed by atoms with E-state index in [1.165, 1.54) is 0 Å². The highest BCUT2D eigenvalue weighted by Gasteiger charge is 2.17. The molecule has 0 aliphatic rings. The van der Waals surface area contributed by atoms with Crippen LogP contribution in [0, 0.1) is 5.92 Å². The summed E-state index contributed by atoms with van der Waals surface area (Å²) in [5.41, 5.74) is 1.36. The van der Waals surface area contributed by atoms with Gasteiger partial charge in [0.1, 0.15) is 22.3 Å². The molecule has 8 heteroatoms. The highest BCUT2D eigenvalue weighted by molar-refractivity contribution is 5.93. The standard InChI is InChI=1S/C19H20N4O4/c1-13(2)11-20-18(24)12-26-17-10-6-3-7-14(17)19(25)27-23-16-9-5-4-8-15(16)21-22-23/h3-10,13H,11-12H2,1-2H3,(H,20,24). The molecule has 0 bridgehead atoms. The normalized spacial score (nSPS) is 10.8. The zero-order chi connectivity index (χ0) is 19.2. The Kier molecular flexibility index (Phi) is 5.65. The van der Waals surface area contributed by atoms with Gasteiger partial charge in [0.2, 0.25) is 0 Å². The number of hydrogen-bond acceptors (Lipinski definition) is 6. The lowest BCUT2D eigenvalue weighted by molar-refractivity contribution is -0.123. The van der Waals surface area contributed by atoms with Crippen molar-refractivity contribution in [3.05, 3.63) is 54.1 Å². The molecule has 1 heterocycles. The van der Waals surface area contributed by atoms with Crippen molar-refractivity contribution in [2.45, 2.75) is 13.8 Å². The third kappa shape index (κ3) is 4.60. The van der Waals surface area contributed by atoms with Gasteiger partial charge in [-0.25, -0.2) is 4.79 Å². The summed E-state index contributed by atoms with van der Waals surface area (Å²) in [5.74, 6) is -0.321. The second-order valence-corrected chi connectivity index (χ2v) is 6.31. The fraction of sp³-hybridized carbons (Fsp3) is 0.263. The molecule has 0 saturated heterocycles. The second-order valence-electron chi connectivity index (χ2n) is 6.31. The molecule has 0 saturated carbocycles. The van der Waals surface area contributed by atoms with Gasteiger partial charge in [-0.2, -0.15) is 0 Å². The molecular formula is C19H20N4O4. The summed E-state index contributed by atoms with van der Waals surface area (Å²) >= 11 is 0. The predicted octanol–water partition coefficient (Wildman–Crippen LogP) is 1.85.